The first-order valence-electron chi connectivity index (χ1n) is 7.50. The number of aliphatic hydroxyl groups is 1. The molecule has 0 atom stereocenters. The summed E-state index contributed by atoms with van der Waals surface area (Å²) in [5.74, 6) is -0.462. The van der Waals surface area contributed by atoms with Gasteiger partial charge >= 0.3 is 0 Å². The predicted octanol–water partition coefficient (Wildman–Crippen LogP) is 2.10. The van der Waals surface area contributed by atoms with Gasteiger partial charge in [-0.3, -0.25) is 20.2 Å². The molecular formula is C17H17N3O4S. The van der Waals surface area contributed by atoms with Gasteiger partial charge in [-0.15, -0.1) is 0 Å². The van der Waals surface area contributed by atoms with Crippen LogP contribution in [0.25, 0.3) is 0 Å². The van der Waals surface area contributed by atoms with E-state index in [4.69, 9.17) is 12.2 Å². The Labute approximate surface area is 150 Å². The third-order valence-corrected chi connectivity index (χ3v) is 3.79. The number of rotatable bonds is 6. The molecule has 0 aliphatic rings. The van der Waals surface area contributed by atoms with Crippen molar-refractivity contribution in [3.8, 4) is 0 Å². The Morgan fingerprint density at radius 1 is 1.16 bits per heavy atom. The molecule has 0 bridgehead atoms. The first-order valence-corrected chi connectivity index (χ1v) is 7.91. The fourth-order valence-corrected chi connectivity index (χ4v) is 2.41. The topological polar surface area (TPSA) is 95.7 Å². The molecule has 8 heteroatoms. The van der Waals surface area contributed by atoms with Crippen LogP contribution >= 0.6 is 12.2 Å². The van der Waals surface area contributed by atoms with Gasteiger partial charge in [0.25, 0.3) is 11.6 Å². The van der Waals surface area contributed by atoms with Crippen molar-refractivity contribution in [3.05, 3.63) is 75.8 Å². The number of amides is 1. The largest absolute Gasteiger partial charge is 0.395 e. The first-order chi connectivity index (χ1) is 12.0. The van der Waals surface area contributed by atoms with E-state index < -0.39 is 10.8 Å². The average molecular weight is 359 g/mol. The fourth-order valence-electron chi connectivity index (χ4n) is 2.16. The number of carbonyl (C=O) groups excluding carboxylic acids is 1. The molecule has 2 aromatic rings. The number of nitro groups is 1. The Morgan fingerprint density at radius 2 is 1.80 bits per heavy atom. The van der Waals surface area contributed by atoms with E-state index >= 15 is 0 Å². The molecule has 2 aromatic carbocycles. The molecule has 0 aliphatic carbocycles. The Morgan fingerprint density at radius 3 is 2.36 bits per heavy atom. The number of thiocarbonyl (C=S) groups is 1. The average Bonchev–Trinajstić information content (AvgIpc) is 2.62. The Bertz CT molecular complexity index is 750. The van der Waals surface area contributed by atoms with Gasteiger partial charge in [-0.05, 0) is 29.9 Å². The maximum atomic E-state index is 12.2. The van der Waals surface area contributed by atoms with Crippen molar-refractivity contribution < 1.29 is 14.8 Å². The molecule has 0 heterocycles. The molecule has 25 heavy (non-hydrogen) atoms. The molecule has 0 saturated carbocycles. The first kappa shape index (κ1) is 18.5. The molecule has 0 saturated heterocycles. The lowest BCUT2D eigenvalue weighted by atomic mass is 10.2. The van der Waals surface area contributed by atoms with Crippen LogP contribution in [0.1, 0.15) is 15.9 Å². The zero-order valence-electron chi connectivity index (χ0n) is 13.3. The van der Waals surface area contributed by atoms with Crippen LogP contribution in [0.4, 0.5) is 5.69 Å². The highest BCUT2D eigenvalue weighted by molar-refractivity contribution is 7.80. The van der Waals surface area contributed by atoms with Crippen molar-refractivity contribution in [1.29, 1.82) is 0 Å². The van der Waals surface area contributed by atoms with E-state index in [2.05, 4.69) is 5.32 Å². The maximum absolute atomic E-state index is 12.2. The molecule has 130 valence electrons. The van der Waals surface area contributed by atoms with E-state index in [1.165, 1.54) is 24.3 Å². The third kappa shape index (κ3) is 5.33. The van der Waals surface area contributed by atoms with E-state index in [0.717, 1.165) is 5.56 Å². The Hall–Kier alpha value is -2.84. The van der Waals surface area contributed by atoms with E-state index in [1.807, 2.05) is 30.3 Å². The highest BCUT2D eigenvalue weighted by atomic mass is 32.1. The molecular weight excluding hydrogens is 342 g/mol. The number of nitrogens with zero attached hydrogens (tertiary/aromatic N) is 2. The van der Waals surface area contributed by atoms with Crippen LogP contribution in [-0.4, -0.2) is 39.1 Å². The van der Waals surface area contributed by atoms with E-state index in [1.54, 1.807) is 4.90 Å². The summed E-state index contributed by atoms with van der Waals surface area (Å²) in [5, 5.41) is 22.6. The van der Waals surface area contributed by atoms with Crippen LogP contribution in [0.2, 0.25) is 0 Å². The zero-order chi connectivity index (χ0) is 18.2. The summed E-state index contributed by atoms with van der Waals surface area (Å²) in [6.07, 6.45) is 0. The van der Waals surface area contributed by atoms with Gasteiger partial charge in [0.1, 0.15) is 0 Å². The summed E-state index contributed by atoms with van der Waals surface area (Å²) >= 11 is 5.26. The number of hydrogen-bond acceptors (Lipinski definition) is 5. The molecule has 0 spiro atoms. The number of carbonyl (C=O) groups is 1. The van der Waals surface area contributed by atoms with Crippen LogP contribution in [0.15, 0.2) is 54.6 Å². The zero-order valence-corrected chi connectivity index (χ0v) is 14.1. The van der Waals surface area contributed by atoms with Crippen molar-refractivity contribution >= 4 is 28.9 Å². The van der Waals surface area contributed by atoms with Gasteiger partial charge in [-0.25, -0.2) is 0 Å². The van der Waals surface area contributed by atoms with Crippen LogP contribution in [0.5, 0.6) is 0 Å². The van der Waals surface area contributed by atoms with Crippen molar-refractivity contribution in [2.45, 2.75) is 6.54 Å². The SMILES string of the molecule is O=C(NC(=S)N(CCO)Cc1ccccc1)c1ccc([N+](=O)[O-])cc1. The van der Waals surface area contributed by atoms with Crippen LogP contribution in [0.3, 0.4) is 0 Å². The lowest BCUT2D eigenvalue weighted by Crippen LogP contribution is -2.43. The van der Waals surface area contributed by atoms with Gasteiger partial charge in [-0.2, -0.15) is 0 Å². The minimum atomic E-state index is -0.533. The monoisotopic (exact) mass is 359 g/mol. The number of nitrogens with one attached hydrogen (secondary N) is 1. The quantitative estimate of drug-likeness (QED) is 0.466. The second kappa shape index (κ2) is 8.86. The molecule has 7 nitrogen and oxygen atoms in total. The number of benzene rings is 2. The second-order valence-corrected chi connectivity index (χ2v) is 5.58. The molecule has 2 rings (SSSR count). The minimum absolute atomic E-state index is 0.0925. The summed E-state index contributed by atoms with van der Waals surface area (Å²) in [5.41, 5.74) is 1.16. The van der Waals surface area contributed by atoms with Crippen molar-refractivity contribution in [2.75, 3.05) is 13.2 Å². The number of aliphatic hydroxyl groups excluding tert-OH is 1. The van der Waals surface area contributed by atoms with Crippen LogP contribution in [-0.2, 0) is 6.54 Å². The molecule has 2 N–H and O–H groups in total. The van der Waals surface area contributed by atoms with E-state index in [-0.39, 0.29) is 29.5 Å². The predicted molar refractivity (Wildman–Crippen MR) is 97.1 cm³/mol. The Kier molecular flexibility index (Phi) is 6.55. The van der Waals surface area contributed by atoms with Gasteiger partial charge in [0, 0.05) is 30.8 Å². The Balaban J connectivity index is 2.03. The minimum Gasteiger partial charge on any atom is -0.395 e. The highest BCUT2D eigenvalue weighted by Gasteiger charge is 2.15. The summed E-state index contributed by atoms with van der Waals surface area (Å²) in [6.45, 7) is 0.607. The standard InChI is InChI=1S/C17H17N3O4S/c21-11-10-19(12-13-4-2-1-3-5-13)17(25)18-16(22)14-6-8-15(9-7-14)20(23)24/h1-9,21H,10-12H2,(H,18,22,25). The van der Waals surface area contributed by atoms with Gasteiger partial charge in [0.2, 0.25) is 0 Å². The van der Waals surface area contributed by atoms with Crippen molar-refractivity contribution in [2.24, 2.45) is 0 Å². The lowest BCUT2D eigenvalue weighted by Gasteiger charge is -2.24. The number of nitro benzene ring substituents is 1. The third-order valence-electron chi connectivity index (χ3n) is 3.43. The second-order valence-electron chi connectivity index (χ2n) is 5.19. The maximum Gasteiger partial charge on any atom is 0.269 e. The van der Waals surface area contributed by atoms with Gasteiger partial charge < -0.3 is 10.0 Å². The molecule has 0 aromatic heterocycles. The molecule has 1 amide bonds. The summed E-state index contributed by atoms with van der Waals surface area (Å²) < 4.78 is 0. The van der Waals surface area contributed by atoms with Crippen molar-refractivity contribution in [3.63, 3.8) is 0 Å². The normalized spacial score (nSPS) is 10.1. The fraction of sp³-hybridized carbons (Fsp3) is 0.176. The van der Waals surface area contributed by atoms with Crippen molar-refractivity contribution in [1.82, 2.24) is 10.2 Å². The molecule has 0 unspecified atom stereocenters. The molecule has 0 aliphatic heterocycles. The smallest absolute Gasteiger partial charge is 0.269 e. The molecule has 0 radical (unpaired) electrons. The van der Waals surface area contributed by atoms with Crippen LogP contribution in [0, 0.1) is 10.1 Å². The van der Waals surface area contributed by atoms with Gasteiger partial charge in [0.05, 0.1) is 11.5 Å². The summed E-state index contributed by atoms with van der Waals surface area (Å²) in [7, 11) is 0. The van der Waals surface area contributed by atoms with Gasteiger partial charge in [-0.1, -0.05) is 30.3 Å². The number of non-ortho nitro benzene ring substituents is 1. The van der Waals surface area contributed by atoms with Gasteiger partial charge in [0.15, 0.2) is 5.11 Å². The molecule has 0 fully saturated rings. The summed E-state index contributed by atoms with van der Waals surface area (Å²) in [6, 6.07) is 14.8. The summed E-state index contributed by atoms with van der Waals surface area (Å²) in [4.78, 5) is 24.0. The lowest BCUT2D eigenvalue weighted by molar-refractivity contribution is -0.384. The highest BCUT2D eigenvalue weighted by Crippen LogP contribution is 2.12. The van der Waals surface area contributed by atoms with E-state index in [9.17, 15) is 20.0 Å². The van der Waals surface area contributed by atoms with Crippen LogP contribution < -0.4 is 5.32 Å². The number of hydrogen-bond donors (Lipinski definition) is 2. The van der Waals surface area contributed by atoms with E-state index in [0.29, 0.717) is 6.54 Å².